The van der Waals surface area contributed by atoms with Crippen LogP contribution in [0.15, 0.2) is 65.8 Å². The van der Waals surface area contributed by atoms with E-state index in [0.717, 1.165) is 12.1 Å². The van der Waals surface area contributed by atoms with Crippen molar-refractivity contribution in [2.24, 2.45) is 18.0 Å². The fraction of sp³-hybridized carbons (Fsp3) is 0.115. The Bertz CT molecular complexity index is 1450. The number of carbonyl (C=O) groups is 1. The third-order valence-electron chi connectivity index (χ3n) is 5.30. The minimum Gasteiger partial charge on any atom is -0.494 e. The van der Waals surface area contributed by atoms with Gasteiger partial charge in [-0.15, -0.1) is 0 Å². The van der Waals surface area contributed by atoms with E-state index in [1.807, 2.05) is 0 Å². The largest absolute Gasteiger partial charge is 0.494 e. The second-order valence-corrected chi connectivity index (χ2v) is 7.59. The molecule has 0 radical (unpaired) electrons. The van der Waals surface area contributed by atoms with Gasteiger partial charge in [0.15, 0.2) is 11.6 Å². The van der Waals surface area contributed by atoms with Gasteiger partial charge in [0.1, 0.15) is 0 Å². The molecule has 0 saturated heterocycles. The zero-order valence-corrected chi connectivity index (χ0v) is 19.5. The normalized spacial score (nSPS) is 10.8. The van der Waals surface area contributed by atoms with Crippen LogP contribution in [-0.2, 0) is 11.8 Å². The van der Waals surface area contributed by atoms with Crippen molar-refractivity contribution in [1.82, 2.24) is 4.57 Å². The van der Waals surface area contributed by atoms with Crippen molar-refractivity contribution in [2.75, 3.05) is 6.61 Å². The van der Waals surface area contributed by atoms with Gasteiger partial charge in [0.05, 0.1) is 24.1 Å². The lowest BCUT2D eigenvalue weighted by Crippen LogP contribution is -2.04. The molecule has 4 rings (SSSR count). The summed E-state index contributed by atoms with van der Waals surface area (Å²) in [5, 5.41) is 31.4. The summed E-state index contributed by atoms with van der Waals surface area (Å²) in [4.78, 5) is 11.5. The fourth-order valence-corrected chi connectivity index (χ4v) is 3.39. The molecule has 0 bridgehead atoms. The number of rotatable bonds is 5. The topological polar surface area (TPSA) is 134 Å². The number of benzene rings is 3. The third-order valence-corrected chi connectivity index (χ3v) is 5.30. The van der Waals surface area contributed by atoms with E-state index in [1.165, 1.54) is 16.8 Å². The average Bonchev–Trinajstić information content (AvgIpc) is 3.10. The standard InChI is InChI=1S/C15H12F2O2.C11H12N4O2.H2/c1-2-19-15(18)11-5-3-10(4-6-11)12-7-8-13(16)14(17)9-12;1-15-10(16)7-3-2-6(9(12)5-14-13)4-8(7)11(15)17;/h3-9H,2H2,1H3;2-5,12,16-17H,13H2,1H3;1H/b;12-9?,14-5-;. The number of ether oxygens (including phenoxy) is 1. The molecule has 1 aromatic heterocycles. The lowest BCUT2D eigenvalue weighted by molar-refractivity contribution is 0.0526. The first-order valence-corrected chi connectivity index (χ1v) is 10.7. The first kappa shape index (κ1) is 25.9. The smallest absolute Gasteiger partial charge is 0.338 e. The minimum absolute atomic E-state index is 0. The van der Waals surface area contributed by atoms with E-state index in [-0.39, 0.29) is 18.9 Å². The van der Waals surface area contributed by atoms with Crippen LogP contribution in [0.3, 0.4) is 0 Å². The molecule has 0 amide bonds. The predicted octanol–water partition coefficient (Wildman–Crippen LogP) is 4.96. The maximum Gasteiger partial charge on any atom is 0.338 e. The Balaban J connectivity index is 0.000000255. The van der Waals surface area contributed by atoms with Gasteiger partial charge in [-0.3, -0.25) is 9.98 Å². The lowest BCUT2D eigenvalue weighted by atomic mass is 10.0. The van der Waals surface area contributed by atoms with E-state index in [9.17, 15) is 23.8 Å². The molecule has 0 saturated carbocycles. The quantitative estimate of drug-likeness (QED) is 0.134. The molecule has 10 heteroatoms. The summed E-state index contributed by atoms with van der Waals surface area (Å²) in [6, 6.07) is 15.1. The number of aromatic nitrogens is 1. The molecule has 4 aromatic rings. The van der Waals surface area contributed by atoms with Crippen molar-refractivity contribution in [3.8, 4) is 22.9 Å². The van der Waals surface area contributed by atoms with Crippen LogP contribution in [0.4, 0.5) is 8.78 Å². The molecule has 188 valence electrons. The fourth-order valence-electron chi connectivity index (χ4n) is 3.39. The summed E-state index contributed by atoms with van der Waals surface area (Å²) in [7, 11) is 1.55. The minimum atomic E-state index is -0.896. The highest BCUT2D eigenvalue weighted by atomic mass is 19.2. The van der Waals surface area contributed by atoms with E-state index >= 15 is 0 Å². The number of carbonyl (C=O) groups excluding carboxylic acids is 1. The summed E-state index contributed by atoms with van der Waals surface area (Å²) in [5.41, 5.74) is 2.37. The molecule has 0 aliphatic rings. The van der Waals surface area contributed by atoms with E-state index in [2.05, 4.69) is 5.10 Å². The summed E-state index contributed by atoms with van der Waals surface area (Å²) in [6.07, 6.45) is 1.21. The van der Waals surface area contributed by atoms with Gasteiger partial charge in [0, 0.05) is 24.8 Å². The zero-order valence-electron chi connectivity index (χ0n) is 19.5. The number of nitrogens with one attached hydrogen (secondary N) is 1. The van der Waals surface area contributed by atoms with Gasteiger partial charge in [-0.05, 0) is 54.4 Å². The molecule has 1 heterocycles. The Labute approximate surface area is 206 Å². The average molecular weight is 497 g/mol. The molecular weight excluding hydrogens is 470 g/mol. The Kier molecular flexibility index (Phi) is 8.00. The molecule has 0 unspecified atom stereocenters. The molecule has 0 atom stereocenters. The summed E-state index contributed by atoms with van der Waals surface area (Å²) in [5.74, 6) is 2.73. The van der Waals surface area contributed by atoms with Gasteiger partial charge in [-0.2, -0.15) is 5.10 Å². The first-order valence-electron chi connectivity index (χ1n) is 10.7. The molecule has 0 aliphatic heterocycles. The van der Waals surface area contributed by atoms with Gasteiger partial charge in [0.2, 0.25) is 11.8 Å². The number of aromatic hydroxyl groups is 2. The highest BCUT2D eigenvalue weighted by Gasteiger charge is 2.14. The van der Waals surface area contributed by atoms with Crippen LogP contribution < -0.4 is 5.84 Å². The van der Waals surface area contributed by atoms with Crippen molar-refractivity contribution in [3.05, 3.63) is 83.4 Å². The molecule has 0 spiro atoms. The first-order chi connectivity index (χ1) is 17.2. The van der Waals surface area contributed by atoms with Crippen LogP contribution in [0.5, 0.6) is 11.8 Å². The number of nitrogens with zero attached hydrogens (tertiary/aromatic N) is 2. The Morgan fingerprint density at radius 1 is 1.00 bits per heavy atom. The predicted molar refractivity (Wildman–Crippen MR) is 136 cm³/mol. The Hall–Kier alpha value is -4.73. The van der Waals surface area contributed by atoms with Crippen molar-refractivity contribution in [2.45, 2.75) is 6.92 Å². The second kappa shape index (κ2) is 11.1. The van der Waals surface area contributed by atoms with E-state index in [0.29, 0.717) is 39.6 Å². The molecule has 3 aromatic carbocycles. The maximum absolute atomic E-state index is 13.1. The number of hydrazone groups is 1. The van der Waals surface area contributed by atoms with Gasteiger partial charge in [0.25, 0.3) is 0 Å². The maximum atomic E-state index is 13.1. The highest BCUT2D eigenvalue weighted by molar-refractivity contribution is 6.37. The summed E-state index contributed by atoms with van der Waals surface area (Å²) >= 11 is 0. The van der Waals surface area contributed by atoms with Gasteiger partial charge >= 0.3 is 5.97 Å². The lowest BCUT2D eigenvalue weighted by Gasteiger charge is -2.05. The SMILES string of the molecule is CCOC(=O)c1ccc(-c2ccc(F)c(F)c2)cc1.Cn1c(O)c2ccc(C(=N)/C=N\N)cc2c1O.[HH]. The van der Waals surface area contributed by atoms with Crippen LogP contribution in [0, 0.1) is 17.0 Å². The highest BCUT2D eigenvalue weighted by Crippen LogP contribution is 2.35. The number of halogens is 2. The number of hydrogen-bond acceptors (Lipinski definition) is 7. The van der Waals surface area contributed by atoms with Crippen molar-refractivity contribution in [1.29, 1.82) is 5.41 Å². The van der Waals surface area contributed by atoms with Crippen LogP contribution in [0.1, 0.15) is 24.3 Å². The zero-order chi connectivity index (χ0) is 26.4. The van der Waals surface area contributed by atoms with Gasteiger partial charge in [-0.1, -0.05) is 24.3 Å². The van der Waals surface area contributed by atoms with E-state index in [4.69, 9.17) is 16.0 Å². The van der Waals surface area contributed by atoms with Crippen LogP contribution in [0.2, 0.25) is 0 Å². The molecule has 0 aliphatic carbocycles. The Morgan fingerprint density at radius 3 is 2.22 bits per heavy atom. The molecule has 5 N–H and O–H groups in total. The van der Waals surface area contributed by atoms with Crippen molar-refractivity contribution < 1.29 is 30.0 Å². The number of hydrogen-bond donors (Lipinski definition) is 4. The van der Waals surface area contributed by atoms with Crippen LogP contribution in [-0.4, -0.2) is 39.3 Å². The summed E-state index contributed by atoms with van der Waals surface area (Å²) in [6.45, 7) is 2.04. The molecule has 36 heavy (non-hydrogen) atoms. The van der Waals surface area contributed by atoms with Gasteiger partial charge < -0.3 is 20.8 Å². The number of esters is 1. The van der Waals surface area contributed by atoms with Crippen molar-refractivity contribution in [3.63, 3.8) is 0 Å². The Morgan fingerprint density at radius 2 is 1.61 bits per heavy atom. The van der Waals surface area contributed by atoms with Gasteiger partial charge in [-0.25, -0.2) is 13.6 Å². The monoisotopic (exact) mass is 496 g/mol. The van der Waals surface area contributed by atoms with E-state index in [1.54, 1.807) is 56.4 Å². The number of nitrogens with two attached hydrogens (primary N) is 1. The molecule has 0 fully saturated rings. The van der Waals surface area contributed by atoms with Crippen LogP contribution >= 0.6 is 0 Å². The number of fused-ring (bicyclic) bond motifs is 1. The summed E-state index contributed by atoms with van der Waals surface area (Å²) < 4.78 is 32.1. The molecule has 8 nitrogen and oxygen atoms in total. The third kappa shape index (κ3) is 5.49. The van der Waals surface area contributed by atoms with E-state index < -0.39 is 17.6 Å². The molecular formula is C26H26F2N4O4. The van der Waals surface area contributed by atoms with Crippen molar-refractivity contribution >= 4 is 28.7 Å². The second-order valence-electron chi connectivity index (χ2n) is 7.59. The van der Waals surface area contributed by atoms with Crippen LogP contribution in [0.25, 0.3) is 21.9 Å².